The number of hydrogen-bond donors (Lipinski definition) is 3. The molecule has 1 aromatic heterocycles. The van der Waals surface area contributed by atoms with Gasteiger partial charge in [0, 0.05) is 18.3 Å². The number of guanidine groups is 2. The minimum Gasteiger partial charge on any atom is -0.462 e. The Morgan fingerprint density at radius 3 is 2.72 bits per heavy atom. The zero-order valence-electron chi connectivity index (χ0n) is 13.5. The Balaban J connectivity index is 2.19. The van der Waals surface area contributed by atoms with Crippen LogP contribution in [0.5, 0.6) is 11.6 Å². The summed E-state index contributed by atoms with van der Waals surface area (Å²) in [5.74, 6) is -0.0255. The lowest BCUT2D eigenvalue weighted by molar-refractivity contribution is 0.0526. The van der Waals surface area contributed by atoms with Crippen molar-refractivity contribution < 1.29 is 14.3 Å². The third-order valence-corrected chi connectivity index (χ3v) is 2.77. The first-order valence-corrected chi connectivity index (χ1v) is 7.33. The molecule has 0 radical (unpaired) electrons. The van der Waals surface area contributed by atoms with E-state index in [0.717, 1.165) is 0 Å². The maximum absolute atomic E-state index is 11.7. The van der Waals surface area contributed by atoms with Crippen LogP contribution in [0.3, 0.4) is 0 Å². The van der Waals surface area contributed by atoms with Gasteiger partial charge in [0.05, 0.1) is 17.9 Å². The predicted molar refractivity (Wildman–Crippen MR) is 93.8 cm³/mol. The molecule has 0 saturated heterocycles. The van der Waals surface area contributed by atoms with Crippen molar-refractivity contribution in [3.05, 3.63) is 48.2 Å². The van der Waals surface area contributed by atoms with E-state index in [1.54, 1.807) is 37.3 Å². The lowest BCUT2D eigenvalue weighted by Gasteiger charge is -2.07. The number of ether oxygens (including phenoxy) is 2. The summed E-state index contributed by atoms with van der Waals surface area (Å²) in [7, 11) is 0. The highest BCUT2D eigenvalue weighted by atomic mass is 16.5. The molecule has 0 aliphatic rings. The van der Waals surface area contributed by atoms with Gasteiger partial charge < -0.3 is 26.7 Å². The molecule has 0 saturated carbocycles. The molecule has 0 spiro atoms. The third-order valence-electron chi connectivity index (χ3n) is 2.77. The fourth-order valence-electron chi connectivity index (χ4n) is 1.83. The zero-order valence-corrected chi connectivity index (χ0v) is 13.5. The Labute approximate surface area is 144 Å². The van der Waals surface area contributed by atoms with Crippen LogP contribution < -0.4 is 21.9 Å². The summed E-state index contributed by atoms with van der Waals surface area (Å²) in [4.78, 5) is 23.5. The average Bonchev–Trinajstić information content (AvgIpc) is 2.55. The fraction of sp³-hybridized carbons (Fsp3) is 0.125. The SMILES string of the molecule is CCOC(=O)c1ccnc(Oc2cccc(N=C(N)N=C(N)N)c2)c1. The van der Waals surface area contributed by atoms with E-state index in [1.165, 1.54) is 12.3 Å². The Hall–Kier alpha value is -3.62. The predicted octanol–water partition coefficient (Wildman–Crippen LogP) is 1.27. The Morgan fingerprint density at radius 2 is 2.00 bits per heavy atom. The largest absolute Gasteiger partial charge is 0.462 e. The van der Waals surface area contributed by atoms with Crippen molar-refractivity contribution in [3.63, 3.8) is 0 Å². The van der Waals surface area contributed by atoms with Crippen molar-refractivity contribution in [3.8, 4) is 11.6 Å². The lowest BCUT2D eigenvalue weighted by atomic mass is 10.2. The van der Waals surface area contributed by atoms with Gasteiger partial charge in [0.25, 0.3) is 0 Å². The highest BCUT2D eigenvalue weighted by Crippen LogP contribution is 2.25. The van der Waals surface area contributed by atoms with Gasteiger partial charge in [-0.1, -0.05) is 6.07 Å². The number of benzene rings is 1. The van der Waals surface area contributed by atoms with Crippen molar-refractivity contribution in [1.82, 2.24) is 4.98 Å². The molecule has 0 aliphatic heterocycles. The molecule has 0 fully saturated rings. The summed E-state index contributed by atoms with van der Waals surface area (Å²) in [6.45, 7) is 2.02. The highest BCUT2D eigenvalue weighted by molar-refractivity contribution is 5.93. The molecular weight excluding hydrogens is 324 g/mol. The first kappa shape index (κ1) is 17.7. The second-order valence-electron chi connectivity index (χ2n) is 4.71. The number of aliphatic imine (C=N–C) groups is 2. The number of rotatable bonds is 5. The zero-order chi connectivity index (χ0) is 18.2. The number of esters is 1. The summed E-state index contributed by atoms with van der Waals surface area (Å²) in [6, 6.07) is 9.77. The molecule has 9 nitrogen and oxygen atoms in total. The molecule has 1 aromatic carbocycles. The van der Waals surface area contributed by atoms with E-state index in [2.05, 4.69) is 15.0 Å². The summed E-state index contributed by atoms with van der Waals surface area (Å²) in [5, 5.41) is 0. The van der Waals surface area contributed by atoms with Gasteiger partial charge in [-0.2, -0.15) is 4.99 Å². The number of aromatic nitrogens is 1. The summed E-state index contributed by atoms with van der Waals surface area (Å²) in [5.41, 5.74) is 16.9. The molecule has 1 heterocycles. The summed E-state index contributed by atoms with van der Waals surface area (Å²) >= 11 is 0. The van der Waals surface area contributed by atoms with Gasteiger partial charge >= 0.3 is 5.97 Å². The smallest absolute Gasteiger partial charge is 0.338 e. The summed E-state index contributed by atoms with van der Waals surface area (Å²) < 4.78 is 10.6. The molecule has 0 atom stereocenters. The Bertz CT molecular complexity index is 815. The van der Waals surface area contributed by atoms with Crippen LogP contribution in [0.1, 0.15) is 17.3 Å². The van der Waals surface area contributed by atoms with Gasteiger partial charge in [0.2, 0.25) is 11.8 Å². The maximum Gasteiger partial charge on any atom is 0.338 e. The van der Waals surface area contributed by atoms with Crippen LogP contribution in [0.4, 0.5) is 5.69 Å². The minimum atomic E-state index is -0.446. The van der Waals surface area contributed by atoms with Crippen molar-refractivity contribution in [1.29, 1.82) is 0 Å². The van der Waals surface area contributed by atoms with Crippen molar-refractivity contribution in [2.45, 2.75) is 6.92 Å². The quantitative estimate of drug-likeness (QED) is 0.420. The molecule has 0 aliphatic carbocycles. The molecule has 2 aromatic rings. The van der Waals surface area contributed by atoms with Crippen molar-refractivity contribution in [2.24, 2.45) is 27.2 Å². The van der Waals surface area contributed by atoms with E-state index in [4.69, 9.17) is 26.7 Å². The van der Waals surface area contributed by atoms with E-state index < -0.39 is 5.97 Å². The average molecular weight is 342 g/mol. The molecule has 130 valence electrons. The van der Waals surface area contributed by atoms with Gasteiger partial charge in [0.15, 0.2) is 5.96 Å². The van der Waals surface area contributed by atoms with Crippen LogP contribution in [-0.2, 0) is 4.74 Å². The van der Waals surface area contributed by atoms with Crippen molar-refractivity contribution >= 4 is 23.6 Å². The third kappa shape index (κ3) is 5.50. The van der Waals surface area contributed by atoms with Crippen LogP contribution in [-0.4, -0.2) is 29.5 Å². The number of nitrogens with two attached hydrogens (primary N) is 3. The van der Waals surface area contributed by atoms with Gasteiger partial charge in [0.1, 0.15) is 5.75 Å². The maximum atomic E-state index is 11.7. The minimum absolute atomic E-state index is 0.0837. The molecular formula is C16H18N6O3. The van der Waals surface area contributed by atoms with E-state index in [1.807, 2.05) is 0 Å². The second-order valence-corrected chi connectivity index (χ2v) is 4.71. The normalized spacial score (nSPS) is 10.8. The molecule has 0 bridgehead atoms. The van der Waals surface area contributed by atoms with Crippen LogP contribution >= 0.6 is 0 Å². The number of nitrogens with zero attached hydrogens (tertiary/aromatic N) is 3. The topological polar surface area (TPSA) is 151 Å². The van der Waals surface area contributed by atoms with Crippen LogP contribution in [0.15, 0.2) is 52.6 Å². The molecule has 0 amide bonds. The van der Waals surface area contributed by atoms with E-state index >= 15 is 0 Å². The summed E-state index contributed by atoms with van der Waals surface area (Å²) in [6.07, 6.45) is 1.46. The van der Waals surface area contributed by atoms with Gasteiger partial charge in [-0.3, -0.25) is 0 Å². The van der Waals surface area contributed by atoms with Crippen LogP contribution in [0.25, 0.3) is 0 Å². The Morgan fingerprint density at radius 1 is 1.20 bits per heavy atom. The van der Waals surface area contributed by atoms with Crippen LogP contribution in [0.2, 0.25) is 0 Å². The number of carbonyl (C=O) groups excluding carboxylic acids is 1. The monoisotopic (exact) mass is 342 g/mol. The second kappa shape index (κ2) is 8.29. The molecule has 9 heteroatoms. The van der Waals surface area contributed by atoms with Gasteiger partial charge in [-0.05, 0) is 25.1 Å². The molecule has 25 heavy (non-hydrogen) atoms. The van der Waals surface area contributed by atoms with Gasteiger partial charge in [-0.15, -0.1) is 0 Å². The highest BCUT2D eigenvalue weighted by Gasteiger charge is 2.09. The first-order chi connectivity index (χ1) is 12.0. The first-order valence-electron chi connectivity index (χ1n) is 7.33. The number of pyridine rings is 1. The van der Waals surface area contributed by atoms with E-state index in [9.17, 15) is 4.79 Å². The van der Waals surface area contributed by atoms with Crippen LogP contribution in [0, 0.1) is 0 Å². The lowest BCUT2D eigenvalue weighted by Crippen LogP contribution is -2.26. The Kier molecular flexibility index (Phi) is 5.88. The number of hydrogen-bond acceptors (Lipinski definition) is 5. The fourth-order valence-corrected chi connectivity index (χ4v) is 1.83. The molecule has 0 unspecified atom stereocenters. The van der Waals surface area contributed by atoms with E-state index in [-0.39, 0.29) is 24.4 Å². The standard InChI is InChI=1S/C16H18N6O3/c1-2-24-14(23)10-6-7-20-13(8-10)25-12-5-3-4-11(9-12)21-16(19)22-15(17)18/h3-9H,2H2,1H3,(H6,17,18,19,21,22). The van der Waals surface area contributed by atoms with Crippen molar-refractivity contribution in [2.75, 3.05) is 6.61 Å². The van der Waals surface area contributed by atoms with Gasteiger partial charge in [-0.25, -0.2) is 14.8 Å². The van der Waals surface area contributed by atoms with E-state index in [0.29, 0.717) is 17.0 Å². The molecule has 6 N–H and O–H groups in total. The molecule has 2 rings (SSSR count). The number of carbonyl (C=O) groups is 1.